The first-order valence-corrected chi connectivity index (χ1v) is 4.54. The number of Topliss-reactive ketones (excluding diaryl/α,β-unsaturated/α-hetero) is 1. The van der Waals surface area contributed by atoms with Gasteiger partial charge in [-0.25, -0.2) is 13.6 Å². The lowest BCUT2D eigenvalue weighted by Gasteiger charge is -1.94. The molecule has 1 rings (SSSR count). The van der Waals surface area contributed by atoms with Crippen LogP contribution in [0.1, 0.15) is 17.4 Å². The third kappa shape index (κ3) is 1.51. The van der Waals surface area contributed by atoms with Crippen molar-refractivity contribution >= 4 is 15.8 Å². The summed E-state index contributed by atoms with van der Waals surface area (Å²) in [5.41, 5.74) is -0.0856. The first-order chi connectivity index (χ1) is 5.43. The summed E-state index contributed by atoms with van der Waals surface area (Å²) in [6.45, 7) is 1.22. The highest BCUT2D eigenvalue weighted by Gasteiger charge is 2.18. The molecule has 0 spiro atoms. The van der Waals surface area contributed by atoms with E-state index in [4.69, 9.17) is 5.14 Å². The standard InChI is InChI=1S/C5H7N3O3S/c1-3(9)5-4(2-7-8-5)12(6,10)11/h2H,1H3,(H,7,8)(H2,6,10,11). The summed E-state index contributed by atoms with van der Waals surface area (Å²) in [5.74, 6) is -0.420. The molecule has 0 atom stereocenters. The quantitative estimate of drug-likeness (QED) is 0.597. The van der Waals surface area contributed by atoms with E-state index in [1.165, 1.54) is 6.92 Å². The van der Waals surface area contributed by atoms with E-state index in [0.29, 0.717) is 0 Å². The lowest BCUT2D eigenvalue weighted by molar-refractivity contribution is 0.101. The number of carbonyl (C=O) groups is 1. The third-order valence-corrected chi connectivity index (χ3v) is 2.19. The average Bonchev–Trinajstić information content (AvgIpc) is 2.30. The summed E-state index contributed by atoms with van der Waals surface area (Å²) >= 11 is 0. The molecule has 7 heteroatoms. The van der Waals surface area contributed by atoms with Crippen LogP contribution in [0.15, 0.2) is 11.1 Å². The topological polar surface area (TPSA) is 106 Å². The van der Waals surface area contributed by atoms with E-state index in [1.807, 2.05) is 0 Å². The van der Waals surface area contributed by atoms with Gasteiger partial charge in [0.05, 0.1) is 6.20 Å². The molecule has 1 aromatic rings. The smallest absolute Gasteiger partial charge is 0.241 e. The zero-order valence-electron chi connectivity index (χ0n) is 6.23. The van der Waals surface area contributed by atoms with Crippen LogP contribution in [-0.4, -0.2) is 24.4 Å². The second kappa shape index (κ2) is 2.68. The van der Waals surface area contributed by atoms with Crippen molar-refractivity contribution in [2.45, 2.75) is 11.8 Å². The second-order valence-electron chi connectivity index (χ2n) is 2.21. The lowest BCUT2D eigenvalue weighted by Crippen LogP contribution is -2.14. The van der Waals surface area contributed by atoms with E-state index in [1.54, 1.807) is 0 Å². The summed E-state index contributed by atoms with van der Waals surface area (Å²) in [6.07, 6.45) is 1.01. The number of nitrogens with zero attached hydrogens (tertiary/aromatic N) is 1. The average molecular weight is 189 g/mol. The van der Waals surface area contributed by atoms with Gasteiger partial charge in [-0.3, -0.25) is 9.89 Å². The molecule has 12 heavy (non-hydrogen) atoms. The fourth-order valence-electron chi connectivity index (χ4n) is 0.743. The van der Waals surface area contributed by atoms with E-state index >= 15 is 0 Å². The van der Waals surface area contributed by atoms with Gasteiger partial charge in [0.25, 0.3) is 0 Å². The maximum atomic E-state index is 10.8. The number of nitrogens with one attached hydrogen (secondary N) is 1. The fourth-order valence-corrected chi connectivity index (χ4v) is 1.42. The van der Waals surface area contributed by atoms with Gasteiger partial charge in [-0.1, -0.05) is 0 Å². The van der Waals surface area contributed by atoms with E-state index in [0.717, 1.165) is 6.20 Å². The highest BCUT2D eigenvalue weighted by Crippen LogP contribution is 2.09. The van der Waals surface area contributed by atoms with Crippen molar-refractivity contribution in [1.29, 1.82) is 0 Å². The molecule has 66 valence electrons. The zero-order chi connectivity index (χ0) is 9.35. The van der Waals surface area contributed by atoms with Gasteiger partial charge in [0, 0.05) is 6.92 Å². The Morgan fingerprint density at radius 1 is 1.67 bits per heavy atom. The Morgan fingerprint density at radius 2 is 2.25 bits per heavy atom. The molecule has 0 aliphatic heterocycles. The first-order valence-electron chi connectivity index (χ1n) is 3.00. The molecular formula is C5H7N3O3S. The van der Waals surface area contributed by atoms with Crippen LogP contribution in [0.5, 0.6) is 0 Å². The minimum atomic E-state index is -3.85. The Balaban J connectivity index is 3.36. The van der Waals surface area contributed by atoms with Crippen molar-refractivity contribution in [2.75, 3.05) is 0 Å². The molecule has 0 aliphatic rings. The summed E-state index contributed by atoms with van der Waals surface area (Å²) < 4.78 is 21.6. The van der Waals surface area contributed by atoms with Gasteiger partial charge in [-0.2, -0.15) is 5.10 Å². The Morgan fingerprint density at radius 3 is 2.58 bits per heavy atom. The van der Waals surface area contributed by atoms with Crippen LogP contribution < -0.4 is 5.14 Å². The molecule has 0 saturated heterocycles. The fraction of sp³-hybridized carbons (Fsp3) is 0.200. The SMILES string of the molecule is CC(=O)c1[nH]ncc1S(N)(=O)=O. The zero-order valence-corrected chi connectivity index (χ0v) is 7.05. The summed E-state index contributed by atoms with van der Waals surface area (Å²) in [4.78, 5) is 10.5. The second-order valence-corrected chi connectivity index (χ2v) is 3.74. The van der Waals surface area contributed by atoms with Crippen molar-refractivity contribution in [2.24, 2.45) is 5.14 Å². The highest BCUT2D eigenvalue weighted by molar-refractivity contribution is 7.89. The van der Waals surface area contributed by atoms with Gasteiger partial charge in [0.15, 0.2) is 5.78 Å². The van der Waals surface area contributed by atoms with Crippen molar-refractivity contribution in [3.8, 4) is 0 Å². The summed E-state index contributed by atoms with van der Waals surface area (Å²) in [7, 11) is -3.85. The molecule has 3 N–H and O–H groups in total. The van der Waals surface area contributed by atoms with Gasteiger partial charge in [0.1, 0.15) is 10.6 Å². The van der Waals surface area contributed by atoms with Crippen LogP contribution in [-0.2, 0) is 10.0 Å². The van der Waals surface area contributed by atoms with E-state index in [2.05, 4.69) is 10.2 Å². The molecule has 0 amide bonds. The van der Waals surface area contributed by atoms with Gasteiger partial charge >= 0.3 is 0 Å². The summed E-state index contributed by atoms with van der Waals surface area (Å²) in [6, 6.07) is 0. The first kappa shape index (κ1) is 8.88. The molecule has 6 nitrogen and oxygen atoms in total. The maximum absolute atomic E-state index is 10.8. The van der Waals surface area contributed by atoms with Gasteiger partial charge in [0.2, 0.25) is 10.0 Å². The Bertz CT molecular complexity index is 405. The molecular weight excluding hydrogens is 182 g/mol. The number of rotatable bonds is 2. The van der Waals surface area contributed by atoms with Gasteiger partial charge in [-0.05, 0) is 0 Å². The van der Waals surface area contributed by atoms with Crippen molar-refractivity contribution in [1.82, 2.24) is 10.2 Å². The van der Waals surface area contributed by atoms with Crippen LogP contribution in [0.3, 0.4) is 0 Å². The number of carbonyl (C=O) groups excluding carboxylic acids is 1. The number of hydrogen-bond donors (Lipinski definition) is 2. The largest absolute Gasteiger partial charge is 0.293 e. The van der Waals surface area contributed by atoms with Crippen LogP contribution in [0.4, 0.5) is 0 Å². The van der Waals surface area contributed by atoms with E-state index in [-0.39, 0.29) is 10.6 Å². The van der Waals surface area contributed by atoms with Crippen molar-refractivity contribution in [3.05, 3.63) is 11.9 Å². The normalized spacial score (nSPS) is 11.5. The molecule has 1 heterocycles. The number of aromatic amines is 1. The van der Waals surface area contributed by atoms with Gasteiger partial charge < -0.3 is 0 Å². The number of primary sulfonamides is 1. The number of H-pyrrole nitrogens is 1. The van der Waals surface area contributed by atoms with Crippen molar-refractivity contribution in [3.63, 3.8) is 0 Å². The third-order valence-electron chi connectivity index (χ3n) is 1.26. The number of nitrogens with two attached hydrogens (primary N) is 1. The number of hydrogen-bond acceptors (Lipinski definition) is 4. The van der Waals surface area contributed by atoms with Crippen LogP contribution in [0, 0.1) is 0 Å². The van der Waals surface area contributed by atoms with Crippen LogP contribution in [0.2, 0.25) is 0 Å². The van der Waals surface area contributed by atoms with Crippen molar-refractivity contribution < 1.29 is 13.2 Å². The number of aromatic nitrogens is 2. The molecule has 0 saturated carbocycles. The highest BCUT2D eigenvalue weighted by atomic mass is 32.2. The predicted octanol–water partition coefficient (Wildman–Crippen LogP) is -0.740. The number of ketones is 1. The molecule has 0 fully saturated rings. The molecule has 0 unspecified atom stereocenters. The number of sulfonamides is 1. The van der Waals surface area contributed by atoms with E-state index in [9.17, 15) is 13.2 Å². The van der Waals surface area contributed by atoms with E-state index < -0.39 is 15.8 Å². The Kier molecular flexibility index (Phi) is 1.99. The minimum absolute atomic E-state index is 0.0856. The molecule has 0 aromatic carbocycles. The summed E-state index contributed by atoms with van der Waals surface area (Å²) in [5, 5.41) is 10.5. The van der Waals surface area contributed by atoms with Gasteiger partial charge in [-0.15, -0.1) is 0 Å². The predicted molar refractivity (Wildman–Crippen MR) is 40.0 cm³/mol. The monoisotopic (exact) mass is 189 g/mol. The Labute approximate surface area is 68.8 Å². The van der Waals surface area contributed by atoms with Crippen LogP contribution in [0.25, 0.3) is 0 Å². The Hall–Kier alpha value is -1.21. The molecule has 0 aliphatic carbocycles. The molecule has 0 radical (unpaired) electrons. The lowest BCUT2D eigenvalue weighted by atomic mass is 10.3. The minimum Gasteiger partial charge on any atom is -0.293 e. The molecule has 1 aromatic heterocycles. The molecule has 0 bridgehead atoms. The van der Waals surface area contributed by atoms with Crippen LogP contribution >= 0.6 is 0 Å². The maximum Gasteiger partial charge on any atom is 0.241 e.